The number of hydrogen-bond donors (Lipinski definition) is 2. The largest absolute Gasteiger partial charge is 0.492 e. The predicted octanol–water partition coefficient (Wildman–Crippen LogP) is 3.88. The molecule has 0 unspecified atom stereocenters. The van der Waals surface area contributed by atoms with Gasteiger partial charge in [0.25, 0.3) is 0 Å². The van der Waals surface area contributed by atoms with Crippen LogP contribution in [0.2, 0.25) is 0 Å². The Balaban J connectivity index is 1.38. The van der Waals surface area contributed by atoms with Crippen molar-refractivity contribution in [3.63, 3.8) is 0 Å². The van der Waals surface area contributed by atoms with Crippen LogP contribution in [-0.2, 0) is 0 Å². The SMILES string of the molecule is O=C(NCCOc1ccccc1)Nc1ccc(N2CCCCC2)cc1. The van der Waals surface area contributed by atoms with Crippen molar-refractivity contribution in [2.45, 2.75) is 19.3 Å². The predicted molar refractivity (Wildman–Crippen MR) is 101 cm³/mol. The average Bonchev–Trinajstić information content (AvgIpc) is 2.67. The minimum absolute atomic E-state index is 0.220. The van der Waals surface area contributed by atoms with Crippen LogP contribution in [0.4, 0.5) is 16.2 Å². The molecule has 5 nitrogen and oxygen atoms in total. The molecule has 1 saturated heterocycles. The molecule has 0 aliphatic carbocycles. The van der Waals surface area contributed by atoms with E-state index in [-0.39, 0.29) is 6.03 Å². The second kappa shape index (κ2) is 8.97. The number of hydrogen-bond acceptors (Lipinski definition) is 3. The van der Waals surface area contributed by atoms with Crippen LogP contribution in [0.5, 0.6) is 5.75 Å². The molecular weight excluding hydrogens is 314 g/mol. The van der Waals surface area contributed by atoms with Crippen LogP contribution in [0.1, 0.15) is 19.3 Å². The molecule has 1 fully saturated rings. The van der Waals surface area contributed by atoms with E-state index in [4.69, 9.17) is 4.74 Å². The van der Waals surface area contributed by atoms with E-state index < -0.39 is 0 Å². The number of rotatable bonds is 6. The third-order valence-corrected chi connectivity index (χ3v) is 4.25. The van der Waals surface area contributed by atoms with Gasteiger partial charge in [-0.3, -0.25) is 0 Å². The highest BCUT2D eigenvalue weighted by molar-refractivity contribution is 5.89. The number of benzene rings is 2. The van der Waals surface area contributed by atoms with Crippen molar-refractivity contribution < 1.29 is 9.53 Å². The first-order chi connectivity index (χ1) is 12.3. The molecule has 2 amide bonds. The van der Waals surface area contributed by atoms with E-state index in [0.29, 0.717) is 13.2 Å². The number of amides is 2. The van der Waals surface area contributed by atoms with Gasteiger partial charge in [0.2, 0.25) is 0 Å². The first-order valence-corrected chi connectivity index (χ1v) is 8.89. The number of nitrogens with zero attached hydrogens (tertiary/aromatic N) is 1. The van der Waals surface area contributed by atoms with Crippen LogP contribution in [0.15, 0.2) is 54.6 Å². The summed E-state index contributed by atoms with van der Waals surface area (Å²) in [7, 11) is 0. The third-order valence-electron chi connectivity index (χ3n) is 4.25. The Morgan fingerprint density at radius 3 is 2.40 bits per heavy atom. The minimum atomic E-state index is -0.220. The summed E-state index contributed by atoms with van der Waals surface area (Å²) in [4.78, 5) is 14.3. The molecule has 132 valence electrons. The van der Waals surface area contributed by atoms with Crippen LogP contribution < -0.4 is 20.3 Å². The second-order valence-corrected chi connectivity index (χ2v) is 6.14. The lowest BCUT2D eigenvalue weighted by atomic mass is 10.1. The van der Waals surface area contributed by atoms with E-state index in [2.05, 4.69) is 27.7 Å². The number of anilines is 2. The van der Waals surface area contributed by atoms with Crippen molar-refractivity contribution in [2.75, 3.05) is 36.5 Å². The maximum atomic E-state index is 11.9. The summed E-state index contributed by atoms with van der Waals surface area (Å²) in [6.45, 7) is 3.13. The fourth-order valence-electron chi connectivity index (χ4n) is 2.93. The van der Waals surface area contributed by atoms with E-state index in [1.807, 2.05) is 42.5 Å². The van der Waals surface area contributed by atoms with E-state index in [1.54, 1.807) is 0 Å². The Morgan fingerprint density at radius 2 is 1.68 bits per heavy atom. The highest BCUT2D eigenvalue weighted by Crippen LogP contribution is 2.21. The standard InChI is InChI=1S/C20H25N3O2/c24-20(21-13-16-25-19-7-3-1-4-8-19)22-17-9-11-18(12-10-17)23-14-5-2-6-15-23/h1,3-4,7-12H,2,5-6,13-16H2,(H2,21,22,24). The summed E-state index contributed by atoms with van der Waals surface area (Å²) in [6.07, 6.45) is 3.84. The van der Waals surface area contributed by atoms with Crippen molar-refractivity contribution in [1.29, 1.82) is 0 Å². The number of ether oxygens (including phenoxy) is 1. The summed E-state index contributed by atoms with van der Waals surface area (Å²) >= 11 is 0. The fourth-order valence-corrected chi connectivity index (χ4v) is 2.93. The van der Waals surface area contributed by atoms with Crippen molar-refractivity contribution in [1.82, 2.24) is 5.32 Å². The van der Waals surface area contributed by atoms with Gasteiger partial charge in [0.1, 0.15) is 12.4 Å². The number of piperidine rings is 1. The first-order valence-electron chi connectivity index (χ1n) is 8.89. The van der Waals surface area contributed by atoms with Gasteiger partial charge < -0.3 is 20.3 Å². The molecule has 1 aliphatic rings. The van der Waals surface area contributed by atoms with Crippen LogP contribution >= 0.6 is 0 Å². The fraction of sp³-hybridized carbons (Fsp3) is 0.350. The van der Waals surface area contributed by atoms with Crippen LogP contribution in [0, 0.1) is 0 Å². The topological polar surface area (TPSA) is 53.6 Å². The molecule has 0 radical (unpaired) electrons. The maximum Gasteiger partial charge on any atom is 0.319 e. The number of para-hydroxylation sites is 1. The monoisotopic (exact) mass is 339 g/mol. The summed E-state index contributed by atoms with van der Waals surface area (Å²) < 4.78 is 5.54. The van der Waals surface area contributed by atoms with Crippen molar-refractivity contribution in [2.24, 2.45) is 0 Å². The smallest absolute Gasteiger partial charge is 0.319 e. The number of nitrogens with one attached hydrogen (secondary N) is 2. The van der Waals surface area contributed by atoms with Gasteiger partial charge in [-0.2, -0.15) is 0 Å². The normalized spacial score (nSPS) is 14.0. The third kappa shape index (κ3) is 5.41. The van der Waals surface area contributed by atoms with E-state index in [9.17, 15) is 4.79 Å². The van der Waals surface area contributed by atoms with Gasteiger partial charge in [0.05, 0.1) is 6.54 Å². The lowest BCUT2D eigenvalue weighted by Gasteiger charge is -2.28. The number of urea groups is 1. The van der Waals surface area contributed by atoms with Gasteiger partial charge in [0.15, 0.2) is 0 Å². The molecule has 1 heterocycles. The zero-order valence-electron chi connectivity index (χ0n) is 14.4. The lowest BCUT2D eigenvalue weighted by molar-refractivity contribution is 0.247. The Bertz CT molecular complexity index is 652. The van der Waals surface area contributed by atoms with Crippen LogP contribution in [0.3, 0.4) is 0 Å². The quantitative estimate of drug-likeness (QED) is 0.785. The van der Waals surface area contributed by atoms with E-state index >= 15 is 0 Å². The molecular formula is C20H25N3O2. The van der Waals surface area contributed by atoms with Gasteiger partial charge in [-0.1, -0.05) is 18.2 Å². The summed E-state index contributed by atoms with van der Waals surface area (Å²) in [5, 5.41) is 5.64. The summed E-state index contributed by atoms with van der Waals surface area (Å²) in [5.74, 6) is 0.804. The molecule has 3 rings (SSSR count). The van der Waals surface area contributed by atoms with Gasteiger partial charge in [-0.05, 0) is 55.7 Å². The van der Waals surface area contributed by atoms with Crippen LogP contribution in [-0.4, -0.2) is 32.3 Å². The molecule has 0 bridgehead atoms. The van der Waals surface area contributed by atoms with Crippen molar-refractivity contribution >= 4 is 17.4 Å². The van der Waals surface area contributed by atoms with Crippen molar-refractivity contribution in [3.05, 3.63) is 54.6 Å². The zero-order chi connectivity index (χ0) is 17.3. The van der Waals surface area contributed by atoms with E-state index in [0.717, 1.165) is 24.5 Å². The molecule has 2 aromatic carbocycles. The molecule has 1 aliphatic heterocycles. The summed E-state index contributed by atoms with van der Waals surface area (Å²) in [5.41, 5.74) is 2.02. The molecule has 2 N–H and O–H groups in total. The first kappa shape index (κ1) is 17.1. The van der Waals surface area contributed by atoms with Gasteiger partial charge >= 0.3 is 6.03 Å². The van der Waals surface area contributed by atoms with Gasteiger partial charge in [-0.25, -0.2) is 4.79 Å². The molecule has 0 spiro atoms. The molecule has 0 aromatic heterocycles. The Labute approximate surface area is 149 Å². The maximum absolute atomic E-state index is 11.9. The highest BCUT2D eigenvalue weighted by Gasteiger charge is 2.10. The molecule has 5 heteroatoms. The summed E-state index contributed by atoms with van der Waals surface area (Å²) in [6, 6.07) is 17.4. The van der Waals surface area contributed by atoms with E-state index in [1.165, 1.54) is 24.9 Å². The van der Waals surface area contributed by atoms with Crippen molar-refractivity contribution in [3.8, 4) is 5.75 Å². The second-order valence-electron chi connectivity index (χ2n) is 6.14. The van der Waals surface area contributed by atoms with Gasteiger partial charge in [0, 0.05) is 24.5 Å². The number of carbonyl (C=O) groups excluding carboxylic acids is 1. The minimum Gasteiger partial charge on any atom is -0.492 e. The Hall–Kier alpha value is -2.69. The Morgan fingerprint density at radius 1 is 0.960 bits per heavy atom. The lowest BCUT2D eigenvalue weighted by Crippen LogP contribution is -2.32. The highest BCUT2D eigenvalue weighted by atomic mass is 16.5. The molecule has 0 saturated carbocycles. The molecule has 25 heavy (non-hydrogen) atoms. The zero-order valence-corrected chi connectivity index (χ0v) is 14.4. The van der Waals surface area contributed by atoms with Gasteiger partial charge in [-0.15, -0.1) is 0 Å². The Kier molecular flexibility index (Phi) is 6.15. The van der Waals surface area contributed by atoms with Crippen LogP contribution in [0.25, 0.3) is 0 Å². The molecule has 0 atom stereocenters. The molecule has 2 aromatic rings. The average molecular weight is 339 g/mol. The number of carbonyl (C=O) groups is 1.